The number of alkyl halides is 5. The smallest absolute Gasteiger partial charge is 0.323 e. The Kier molecular flexibility index (Phi) is 6.79. The van der Waals surface area contributed by atoms with Crippen molar-refractivity contribution in [3.05, 3.63) is 40.9 Å². The van der Waals surface area contributed by atoms with Gasteiger partial charge in [-0.05, 0) is 11.6 Å². The number of anilines is 2. The zero-order chi connectivity index (χ0) is 20.2. The number of halogens is 5. The number of nitrogens with one attached hydrogen (secondary N) is 2. The van der Waals surface area contributed by atoms with Gasteiger partial charge in [0.2, 0.25) is 5.78 Å². The van der Waals surface area contributed by atoms with Crippen LogP contribution < -0.4 is 10.6 Å². The van der Waals surface area contributed by atoms with E-state index < -0.39 is 46.3 Å². The molecule has 144 valence electrons. The summed E-state index contributed by atoms with van der Waals surface area (Å²) in [7, 11) is 0. The number of Topliss-reactive ketones (excluding diaryl/α,β-unsaturated/α-hetero) is 1. The summed E-state index contributed by atoms with van der Waals surface area (Å²) in [6, 6.07) is 2.95. The molecule has 12 heteroatoms. The van der Waals surface area contributed by atoms with Gasteiger partial charge in [0.05, 0.1) is 11.3 Å². The number of benzene rings is 1. The van der Waals surface area contributed by atoms with E-state index in [9.17, 15) is 27.6 Å². The van der Waals surface area contributed by atoms with Crippen LogP contribution in [0, 0.1) is 0 Å². The Morgan fingerprint density at radius 1 is 1.19 bits per heavy atom. The summed E-state index contributed by atoms with van der Waals surface area (Å²) < 4.78 is 39.7. The number of ketones is 1. The maximum absolute atomic E-state index is 13.2. The van der Waals surface area contributed by atoms with E-state index in [4.69, 9.17) is 23.2 Å². The molecule has 0 saturated carbocycles. The molecule has 2 amide bonds. The molecule has 0 aliphatic carbocycles. The third-order valence-corrected chi connectivity index (χ3v) is 4.24. The van der Waals surface area contributed by atoms with E-state index in [1.807, 2.05) is 5.32 Å². The van der Waals surface area contributed by atoms with Crippen LogP contribution in [0.15, 0.2) is 29.8 Å². The standard InChI is InChI=1S/C15H10Cl2F3N3O3S/c16-11(17)13(26)22-10-7(2-1-3-8(10)15(18,19)20)6-9(24)12(25)23-14-21-4-5-27-14/h1-5,11H,6H2,(H,22,26)(H,21,23,25). The van der Waals surface area contributed by atoms with Crippen LogP contribution in [0.4, 0.5) is 24.0 Å². The van der Waals surface area contributed by atoms with Crippen molar-refractivity contribution in [3.63, 3.8) is 0 Å². The number of hydrogen-bond acceptors (Lipinski definition) is 5. The fraction of sp³-hybridized carbons (Fsp3) is 0.200. The molecule has 0 fully saturated rings. The maximum Gasteiger partial charge on any atom is 0.418 e. The third kappa shape index (κ3) is 5.65. The van der Waals surface area contributed by atoms with Gasteiger partial charge in [-0.3, -0.25) is 19.7 Å². The zero-order valence-electron chi connectivity index (χ0n) is 13.1. The first-order valence-electron chi connectivity index (χ1n) is 7.11. The molecule has 2 N–H and O–H groups in total. The average Bonchev–Trinajstić information content (AvgIpc) is 3.07. The molecule has 6 nitrogen and oxygen atoms in total. The summed E-state index contributed by atoms with van der Waals surface area (Å²) >= 11 is 11.8. The van der Waals surface area contributed by atoms with Gasteiger partial charge in [0.1, 0.15) is 0 Å². The largest absolute Gasteiger partial charge is 0.418 e. The predicted molar refractivity (Wildman–Crippen MR) is 95.0 cm³/mol. The number of aromatic nitrogens is 1. The highest BCUT2D eigenvalue weighted by Crippen LogP contribution is 2.37. The Morgan fingerprint density at radius 2 is 1.89 bits per heavy atom. The van der Waals surface area contributed by atoms with Crippen molar-refractivity contribution in [3.8, 4) is 0 Å². The van der Waals surface area contributed by atoms with Crippen LogP contribution >= 0.6 is 34.5 Å². The van der Waals surface area contributed by atoms with E-state index in [1.54, 1.807) is 5.38 Å². The summed E-state index contributed by atoms with van der Waals surface area (Å²) in [6.07, 6.45) is -4.11. The molecule has 0 spiro atoms. The van der Waals surface area contributed by atoms with Crippen LogP contribution in [-0.2, 0) is 27.0 Å². The fourth-order valence-electron chi connectivity index (χ4n) is 2.01. The van der Waals surface area contributed by atoms with Crippen molar-refractivity contribution < 1.29 is 27.6 Å². The van der Waals surface area contributed by atoms with Gasteiger partial charge in [-0.25, -0.2) is 4.98 Å². The molecule has 0 atom stereocenters. The highest BCUT2D eigenvalue weighted by molar-refractivity contribution is 7.13. The summed E-state index contributed by atoms with van der Waals surface area (Å²) in [6.45, 7) is 0. The molecule has 2 rings (SSSR count). The SMILES string of the molecule is O=C(Cc1cccc(C(F)(F)F)c1NC(=O)C(Cl)Cl)C(=O)Nc1nccs1. The van der Waals surface area contributed by atoms with Gasteiger partial charge in [0.25, 0.3) is 11.8 Å². The van der Waals surface area contributed by atoms with Crippen LogP contribution in [0.3, 0.4) is 0 Å². The summed E-state index contributed by atoms with van der Waals surface area (Å²) in [5, 5.41) is 5.92. The Bertz CT molecular complexity index is 858. The summed E-state index contributed by atoms with van der Waals surface area (Å²) in [5.41, 5.74) is -2.10. The second-order valence-electron chi connectivity index (χ2n) is 5.02. The van der Waals surface area contributed by atoms with E-state index in [-0.39, 0.29) is 10.7 Å². The van der Waals surface area contributed by atoms with Crippen molar-refractivity contribution >= 4 is 63.0 Å². The van der Waals surface area contributed by atoms with Crippen LogP contribution in [0.5, 0.6) is 0 Å². The van der Waals surface area contributed by atoms with E-state index in [2.05, 4.69) is 10.3 Å². The highest BCUT2D eigenvalue weighted by atomic mass is 35.5. The van der Waals surface area contributed by atoms with Crippen molar-refractivity contribution in [1.29, 1.82) is 0 Å². The molecule has 1 aromatic heterocycles. The first-order valence-corrected chi connectivity index (χ1v) is 8.86. The molecule has 2 aromatic rings. The average molecular weight is 440 g/mol. The van der Waals surface area contributed by atoms with Crippen LogP contribution in [0.25, 0.3) is 0 Å². The van der Waals surface area contributed by atoms with Gasteiger partial charge in [-0.2, -0.15) is 13.2 Å². The van der Waals surface area contributed by atoms with Crippen molar-refractivity contribution in [2.45, 2.75) is 17.4 Å². The first kappa shape index (κ1) is 21.1. The molecule has 0 radical (unpaired) electrons. The summed E-state index contributed by atoms with van der Waals surface area (Å²) in [4.78, 5) is 37.8. The molecule has 1 heterocycles. The molecular formula is C15H10Cl2F3N3O3S. The lowest BCUT2D eigenvalue weighted by Crippen LogP contribution is -2.26. The normalized spacial score (nSPS) is 11.3. The Morgan fingerprint density at radius 3 is 2.44 bits per heavy atom. The molecule has 0 bridgehead atoms. The minimum atomic E-state index is -4.82. The Balaban J connectivity index is 2.30. The monoisotopic (exact) mass is 439 g/mol. The van der Waals surface area contributed by atoms with Crippen molar-refractivity contribution in [1.82, 2.24) is 4.98 Å². The molecule has 1 aromatic carbocycles. The fourth-order valence-corrected chi connectivity index (χ4v) is 2.65. The Hall–Kier alpha value is -2.17. The van der Waals surface area contributed by atoms with Crippen LogP contribution in [0.2, 0.25) is 0 Å². The number of nitrogens with zero attached hydrogens (tertiary/aromatic N) is 1. The van der Waals surface area contributed by atoms with E-state index >= 15 is 0 Å². The van der Waals surface area contributed by atoms with Crippen LogP contribution in [0.1, 0.15) is 11.1 Å². The number of thiazole rings is 1. The first-order chi connectivity index (χ1) is 12.6. The van der Waals surface area contributed by atoms with E-state index in [0.717, 1.165) is 23.5 Å². The number of carbonyl (C=O) groups excluding carboxylic acids is 3. The third-order valence-electron chi connectivity index (χ3n) is 3.16. The van der Waals surface area contributed by atoms with Gasteiger partial charge in [0.15, 0.2) is 9.97 Å². The number of rotatable bonds is 6. The minimum Gasteiger partial charge on any atom is -0.323 e. The molecule has 0 aliphatic heterocycles. The second-order valence-corrected chi connectivity index (χ2v) is 7.01. The molecule has 0 aliphatic rings. The highest BCUT2D eigenvalue weighted by Gasteiger charge is 2.35. The van der Waals surface area contributed by atoms with Crippen molar-refractivity contribution in [2.24, 2.45) is 0 Å². The molecule has 0 saturated heterocycles. The van der Waals surface area contributed by atoms with Gasteiger partial charge in [0, 0.05) is 18.0 Å². The zero-order valence-corrected chi connectivity index (χ0v) is 15.5. The Labute approximate surface area is 164 Å². The molecule has 27 heavy (non-hydrogen) atoms. The topological polar surface area (TPSA) is 88.2 Å². The van der Waals surface area contributed by atoms with Crippen LogP contribution in [-0.4, -0.2) is 27.4 Å². The minimum absolute atomic E-state index is 0.165. The second kappa shape index (κ2) is 8.68. The van der Waals surface area contributed by atoms with Gasteiger partial charge >= 0.3 is 6.18 Å². The van der Waals surface area contributed by atoms with E-state index in [0.29, 0.717) is 0 Å². The van der Waals surface area contributed by atoms with Gasteiger partial charge in [-0.15, -0.1) is 11.3 Å². The molecular weight excluding hydrogens is 430 g/mol. The lowest BCUT2D eigenvalue weighted by atomic mass is 10.0. The van der Waals surface area contributed by atoms with E-state index in [1.165, 1.54) is 12.3 Å². The van der Waals surface area contributed by atoms with Crippen molar-refractivity contribution in [2.75, 3.05) is 10.6 Å². The quantitative estimate of drug-likeness (QED) is 0.530. The maximum atomic E-state index is 13.2. The number of para-hydroxylation sites is 1. The van der Waals surface area contributed by atoms with Gasteiger partial charge < -0.3 is 5.32 Å². The molecule has 0 unspecified atom stereocenters. The lowest BCUT2D eigenvalue weighted by Gasteiger charge is -2.17. The predicted octanol–water partition coefficient (Wildman–Crippen LogP) is 3.65. The number of hydrogen-bond donors (Lipinski definition) is 2. The summed E-state index contributed by atoms with van der Waals surface area (Å²) in [5.74, 6) is -3.17. The lowest BCUT2D eigenvalue weighted by molar-refractivity contribution is -0.137. The number of carbonyl (C=O) groups is 3. The number of amides is 2. The van der Waals surface area contributed by atoms with Gasteiger partial charge in [-0.1, -0.05) is 35.3 Å².